The van der Waals surface area contributed by atoms with Crippen molar-refractivity contribution < 1.29 is 9.59 Å². The SMILES string of the molecule is CC(C)N(Cc1ccccc1)C(=O)C1(C(=O)N2CCCc3ccccc32)CC1. The maximum Gasteiger partial charge on any atom is 0.242 e. The van der Waals surface area contributed by atoms with Crippen molar-refractivity contribution in [3.8, 4) is 0 Å². The summed E-state index contributed by atoms with van der Waals surface area (Å²) in [5.74, 6) is -0.0252. The van der Waals surface area contributed by atoms with E-state index in [1.165, 1.54) is 5.56 Å². The summed E-state index contributed by atoms with van der Waals surface area (Å²) in [5, 5.41) is 0. The Hall–Kier alpha value is -2.62. The maximum atomic E-state index is 13.5. The van der Waals surface area contributed by atoms with E-state index in [0.717, 1.165) is 24.1 Å². The first-order valence-electron chi connectivity index (χ1n) is 10.3. The van der Waals surface area contributed by atoms with Crippen LogP contribution < -0.4 is 4.90 Å². The van der Waals surface area contributed by atoms with Gasteiger partial charge in [-0.15, -0.1) is 0 Å². The molecule has 0 radical (unpaired) electrons. The molecule has 1 aliphatic heterocycles. The number of nitrogens with zero attached hydrogens (tertiary/aromatic N) is 2. The topological polar surface area (TPSA) is 40.6 Å². The van der Waals surface area contributed by atoms with Crippen molar-refractivity contribution in [3.05, 3.63) is 65.7 Å². The Morgan fingerprint density at radius 1 is 1.04 bits per heavy atom. The number of hydrogen-bond acceptors (Lipinski definition) is 2. The lowest BCUT2D eigenvalue weighted by molar-refractivity contribution is -0.145. The molecule has 146 valence electrons. The zero-order valence-corrected chi connectivity index (χ0v) is 16.7. The quantitative estimate of drug-likeness (QED) is 0.735. The van der Waals surface area contributed by atoms with E-state index >= 15 is 0 Å². The van der Waals surface area contributed by atoms with Crippen LogP contribution in [-0.2, 0) is 22.6 Å². The average Bonchev–Trinajstić information content (AvgIpc) is 3.53. The molecule has 1 fully saturated rings. The van der Waals surface area contributed by atoms with Crippen LogP contribution in [-0.4, -0.2) is 29.3 Å². The summed E-state index contributed by atoms with van der Waals surface area (Å²) in [5.41, 5.74) is 2.41. The number of anilines is 1. The maximum absolute atomic E-state index is 13.5. The van der Waals surface area contributed by atoms with Crippen molar-refractivity contribution in [2.24, 2.45) is 5.41 Å². The lowest BCUT2D eigenvalue weighted by Crippen LogP contribution is -2.50. The van der Waals surface area contributed by atoms with Crippen LogP contribution in [0, 0.1) is 5.41 Å². The molecule has 1 heterocycles. The molecule has 2 amide bonds. The molecule has 4 heteroatoms. The molecule has 28 heavy (non-hydrogen) atoms. The van der Waals surface area contributed by atoms with Gasteiger partial charge < -0.3 is 9.80 Å². The third-order valence-electron chi connectivity index (χ3n) is 6.00. The van der Waals surface area contributed by atoms with Crippen LogP contribution >= 0.6 is 0 Å². The van der Waals surface area contributed by atoms with Gasteiger partial charge >= 0.3 is 0 Å². The van der Waals surface area contributed by atoms with E-state index in [9.17, 15) is 9.59 Å². The van der Waals surface area contributed by atoms with E-state index in [4.69, 9.17) is 0 Å². The summed E-state index contributed by atoms with van der Waals surface area (Å²) in [6.07, 6.45) is 3.25. The van der Waals surface area contributed by atoms with Crippen LogP contribution in [0.4, 0.5) is 5.69 Å². The fourth-order valence-electron chi connectivity index (χ4n) is 4.19. The summed E-state index contributed by atoms with van der Waals surface area (Å²) < 4.78 is 0. The second-order valence-electron chi connectivity index (χ2n) is 8.28. The van der Waals surface area contributed by atoms with Gasteiger partial charge in [0.05, 0.1) is 0 Å². The normalized spacial score (nSPS) is 17.2. The fraction of sp³-hybridized carbons (Fsp3) is 0.417. The number of fused-ring (bicyclic) bond motifs is 1. The molecule has 1 aliphatic carbocycles. The number of para-hydroxylation sites is 1. The highest BCUT2D eigenvalue weighted by molar-refractivity contribution is 6.14. The molecule has 4 nitrogen and oxygen atoms in total. The van der Waals surface area contributed by atoms with Gasteiger partial charge in [0.1, 0.15) is 5.41 Å². The van der Waals surface area contributed by atoms with Gasteiger partial charge in [-0.05, 0) is 56.7 Å². The smallest absolute Gasteiger partial charge is 0.242 e. The Kier molecular flexibility index (Phi) is 4.96. The van der Waals surface area contributed by atoms with Gasteiger partial charge in [-0.25, -0.2) is 0 Å². The molecule has 0 atom stereocenters. The van der Waals surface area contributed by atoms with Gasteiger partial charge in [0, 0.05) is 24.8 Å². The minimum Gasteiger partial charge on any atom is -0.335 e. The molecule has 0 unspecified atom stereocenters. The van der Waals surface area contributed by atoms with Crippen LogP contribution in [0.1, 0.15) is 44.2 Å². The van der Waals surface area contributed by atoms with Crippen molar-refractivity contribution in [1.29, 1.82) is 0 Å². The zero-order valence-electron chi connectivity index (χ0n) is 16.7. The highest BCUT2D eigenvalue weighted by atomic mass is 16.2. The van der Waals surface area contributed by atoms with Crippen molar-refractivity contribution in [2.45, 2.75) is 52.1 Å². The Balaban J connectivity index is 1.59. The van der Waals surface area contributed by atoms with Gasteiger partial charge in [-0.2, -0.15) is 0 Å². The molecular weight excluding hydrogens is 348 g/mol. The summed E-state index contributed by atoms with van der Waals surface area (Å²) in [4.78, 5) is 30.8. The second kappa shape index (κ2) is 7.42. The number of hydrogen-bond donors (Lipinski definition) is 0. The number of aryl methyl sites for hydroxylation is 1. The highest BCUT2D eigenvalue weighted by Gasteiger charge is 2.60. The highest BCUT2D eigenvalue weighted by Crippen LogP contribution is 2.50. The Morgan fingerprint density at radius 3 is 2.39 bits per heavy atom. The molecule has 4 rings (SSSR count). The molecule has 2 aromatic carbocycles. The van der Waals surface area contributed by atoms with Gasteiger partial charge in [-0.3, -0.25) is 9.59 Å². The minimum atomic E-state index is -0.872. The predicted octanol–water partition coefficient (Wildman–Crippen LogP) is 4.18. The third kappa shape index (κ3) is 3.32. The monoisotopic (exact) mass is 376 g/mol. The lowest BCUT2D eigenvalue weighted by Gasteiger charge is -2.35. The molecular formula is C24H28N2O2. The van der Waals surface area contributed by atoms with Crippen molar-refractivity contribution >= 4 is 17.5 Å². The second-order valence-corrected chi connectivity index (χ2v) is 8.28. The Morgan fingerprint density at radius 2 is 1.71 bits per heavy atom. The Labute approximate surface area is 167 Å². The van der Waals surface area contributed by atoms with Crippen LogP contribution in [0.15, 0.2) is 54.6 Å². The first-order chi connectivity index (χ1) is 13.5. The summed E-state index contributed by atoms with van der Waals surface area (Å²) in [7, 11) is 0. The first-order valence-corrected chi connectivity index (χ1v) is 10.3. The molecule has 0 N–H and O–H groups in total. The predicted molar refractivity (Wildman–Crippen MR) is 111 cm³/mol. The standard InChI is InChI=1S/C24H28N2O2/c1-18(2)26(17-19-9-4-3-5-10-19)23(28)24(14-15-24)22(27)25-16-8-12-20-11-6-7-13-21(20)25/h3-7,9-11,13,18H,8,12,14-17H2,1-2H3. The lowest BCUT2D eigenvalue weighted by atomic mass is 9.96. The van der Waals surface area contributed by atoms with E-state index in [2.05, 4.69) is 6.07 Å². The fourth-order valence-corrected chi connectivity index (χ4v) is 4.19. The number of benzene rings is 2. The minimum absolute atomic E-state index is 0.0108. The molecule has 2 aromatic rings. The van der Waals surface area contributed by atoms with Gasteiger partial charge in [0.25, 0.3) is 0 Å². The van der Waals surface area contributed by atoms with E-state index in [0.29, 0.717) is 25.9 Å². The summed E-state index contributed by atoms with van der Waals surface area (Å²) >= 11 is 0. The van der Waals surface area contributed by atoms with Crippen molar-refractivity contribution in [1.82, 2.24) is 4.90 Å². The van der Waals surface area contributed by atoms with Crippen LogP contribution in [0.5, 0.6) is 0 Å². The third-order valence-corrected chi connectivity index (χ3v) is 6.00. The first kappa shape index (κ1) is 18.7. The number of rotatable bonds is 5. The van der Waals surface area contributed by atoms with Gasteiger partial charge in [0.15, 0.2) is 0 Å². The zero-order chi connectivity index (χ0) is 19.7. The molecule has 0 saturated heterocycles. The number of amides is 2. The summed E-state index contributed by atoms with van der Waals surface area (Å²) in [6.45, 7) is 5.30. The summed E-state index contributed by atoms with van der Waals surface area (Å²) in [6, 6.07) is 18.2. The average molecular weight is 377 g/mol. The van der Waals surface area contributed by atoms with Crippen molar-refractivity contribution in [3.63, 3.8) is 0 Å². The molecule has 2 aliphatic rings. The van der Waals surface area contributed by atoms with Crippen LogP contribution in [0.2, 0.25) is 0 Å². The van der Waals surface area contributed by atoms with E-state index < -0.39 is 5.41 Å². The van der Waals surface area contributed by atoms with Crippen LogP contribution in [0.25, 0.3) is 0 Å². The largest absolute Gasteiger partial charge is 0.335 e. The van der Waals surface area contributed by atoms with E-state index in [-0.39, 0.29) is 17.9 Å². The molecule has 1 saturated carbocycles. The van der Waals surface area contributed by atoms with Crippen LogP contribution in [0.3, 0.4) is 0 Å². The number of carbonyl (C=O) groups is 2. The molecule has 0 bridgehead atoms. The van der Waals surface area contributed by atoms with Gasteiger partial charge in [-0.1, -0.05) is 48.5 Å². The molecule has 0 spiro atoms. The van der Waals surface area contributed by atoms with E-state index in [1.54, 1.807) is 0 Å². The molecule has 0 aromatic heterocycles. The van der Waals surface area contributed by atoms with Gasteiger partial charge in [0.2, 0.25) is 11.8 Å². The Bertz CT molecular complexity index is 871. The number of carbonyl (C=O) groups excluding carboxylic acids is 2. The van der Waals surface area contributed by atoms with E-state index in [1.807, 2.05) is 72.2 Å². The van der Waals surface area contributed by atoms with Crippen molar-refractivity contribution in [2.75, 3.05) is 11.4 Å².